The zero-order chi connectivity index (χ0) is 19.7. The summed E-state index contributed by atoms with van der Waals surface area (Å²) in [6.45, 7) is 8.11. The van der Waals surface area contributed by atoms with Gasteiger partial charge in [0.25, 0.3) is 0 Å². The second kappa shape index (κ2) is 7.68. The molecule has 1 aromatic heterocycles. The fourth-order valence-electron chi connectivity index (χ4n) is 3.18. The Balaban J connectivity index is 1.99. The number of nitrogens with zero attached hydrogens (tertiary/aromatic N) is 2. The predicted octanol–water partition coefficient (Wildman–Crippen LogP) is 5.76. The van der Waals surface area contributed by atoms with Gasteiger partial charge < -0.3 is 9.67 Å². The van der Waals surface area contributed by atoms with Gasteiger partial charge in [0.15, 0.2) is 0 Å². The second-order valence-electron chi connectivity index (χ2n) is 6.66. The fourth-order valence-corrected chi connectivity index (χ4v) is 3.52. The van der Waals surface area contributed by atoms with Crippen LogP contribution in [0.1, 0.15) is 38.4 Å². The van der Waals surface area contributed by atoms with E-state index in [-0.39, 0.29) is 0 Å². The standard InChI is InChI=1S/C22H21IN2O2/c1-13-10-19(6-7-20(13)23)24-12-18-11-15(3)25(16(18)4)21-8-5-17(22(26)27)9-14(21)2/h5-12H,1-4H3,(H,26,27). The molecule has 27 heavy (non-hydrogen) atoms. The van der Waals surface area contributed by atoms with Crippen LogP contribution in [-0.2, 0) is 0 Å². The number of rotatable bonds is 4. The average molecular weight is 472 g/mol. The molecule has 0 atom stereocenters. The number of aliphatic imine (C=N–C) groups is 1. The largest absolute Gasteiger partial charge is 0.478 e. The number of benzene rings is 2. The number of aryl methyl sites for hydroxylation is 3. The van der Waals surface area contributed by atoms with Crippen LogP contribution in [0.15, 0.2) is 47.5 Å². The van der Waals surface area contributed by atoms with Crippen molar-refractivity contribution in [3.63, 3.8) is 0 Å². The first-order chi connectivity index (χ1) is 12.8. The molecule has 0 fully saturated rings. The van der Waals surface area contributed by atoms with E-state index in [0.717, 1.165) is 33.9 Å². The molecule has 0 amide bonds. The van der Waals surface area contributed by atoms with Gasteiger partial charge in [-0.05, 0) is 104 Å². The van der Waals surface area contributed by atoms with E-state index in [0.29, 0.717) is 5.56 Å². The maximum atomic E-state index is 11.2. The Morgan fingerprint density at radius 2 is 1.78 bits per heavy atom. The van der Waals surface area contributed by atoms with Crippen LogP contribution in [0.3, 0.4) is 0 Å². The number of aromatic nitrogens is 1. The number of hydrogen-bond donors (Lipinski definition) is 1. The Kier molecular flexibility index (Phi) is 5.51. The van der Waals surface area contributed by atoms with E-state index in [2.05, 4.69) is 64.2 Å². The molecule has 0 aliphatic carbocycles. The Morgan fingerprint density at radius 1 is 1.04 bits per heavy atom. The summed E-state index contributed by atoms with van der Waals surface area (Å²) in [4.78, 5) is 15.8. The van der Waals surface area contributed by atoms with Crippen LogP contribution in [0.25, 0.3) is 5.69 Å². The van der Waals surface area contributed by atoms with Crippen molar-refractivity contribution in [2.45, 2.75) is 27.7 Å². The molecular formula is C22H21IN2O2. The lowest BCUT2D eigenvalue weighted by Gasteiger charge is -2.13. The third kappa shape index (κ3) is 3.98. The lowest BCUT2D eigenvalue weighted by Crippen LogP contribution is -2.04. The highest BCUT2D eigenvalue weighted by atomic mass is 127. The highest BCUT2D eigenvalue weighted by Crippen LogP contribution is 2.24. The number of halogens is 1. The van der Waals surface area contributed by atoms with Gasteiger partial charge in [0, 0.05) is 32.4 Å². The minimum absolute atomic E-state index is 0.301. The van der Waals surface area contributed by atoms with Crippen LogP contribution < -0.4 is 0 Å². The number of hydrogen-bond acceptors (Lipinski definition) is 2. The van der Waals surface area contributed by atoms with Crippen LogP contribution >= 0.6 is 22.6 Å². The van der Waals surface area contributed by atoms with E-state index in [1.165, 1.54) is 9.13 Å². The van der Waals surface area contributed by atoms with Crippen LogP contribution in [0.2, 0.25) is 0 Å². The Bertz CT molecular complexity index is 1060. The third-order valence-electron chi connectivity index (χ3n) is 4.65. The first kappa shape index (κ1) is 19.4. The molecule has 1 heterocycles. The van der Waals surface area contributed by atoms with Gasteiger partial charge in [-0.15, -0.1) is 0 Å². The van der Waals surface area contributed by atoms with E-state index < -0.39 is 5.97 Å². The molecule has 5 heteroatoms. The quantitative estimate of drug-likeness (QED) is 0.388. The van der Waals surface area contributed by atoms with Crippen molar-refractivity contribution < 1.29 is 9.90 Å². The predicted molar refractivity (Wildman–Crippen MR) is 118 cm³/mol. The van der Waals surface area contributed by atoms with Gasteiger partial charge in [0.2, 0.25) is 0 Å². The summed E-state index contributed by atoms with van der Waals surface area (Å²) in [5.74, 6) is -0.911. The zero-order valence-corrected chi connectivity index (χ0v) is 17.9. The van der Waals surface area contributed by atoms with Gasteiger partial charge in [-0.2, -0.15) is 0 Å². The van der Waals surface area contributed by atoms with Crippen molar-refractivity contribution in [3.8, 4) is 5.69 Å². The molecule has 0 saturated heterocycles. The van der Waals surface area contributed by atoms with Gasteiger partial charge in [0.05, 0.1) is 11.3 Å². The summed E-state index contributed by atoms with van der Waals surface area (Å²) < 4.78 is 3.37. The lowest BCUT2D eigenvalue weighted by atomic mass is 10.1. The van der Waals surface area contributed by atoms with Crippen LogP contribution in [0.5, 0.6) is 0 Å². The summed E-state index contributed by atoms with van der Waals surface area (Å²) in [5.41, 5.74) is 7.56. The van der Waals surface area contributed by atoms with Crippen molar-refractivity contribution in [2.75, 3.05) is 0 Å². The fraction of sp³-hybridized carbons (Fsp3) is 0.182. The summed E-state index contributed by atoms with van der Waals surface area (Å²) >= 11 is 2.32. The van der Waals surface area contributed by atoms with E-state index >= 15 is 0 Å². The molecule has 2 aromatic carbocycles. The summed E-state index contributed by atoms with van der Waals surface area (Å²) in [6.07, 6.45) is 1.89. The number of carboxylic acid groups (broad SMARTS) is 1. The zero-order valence-electron chi connectivity index (χ0n) is 15.7. The van der Waals surface area contributed by atoms with E-state index in [9.17, 15) is 9.90 Å². The Hall–Kier alpha value is -2.41. The van der Waals surface area contributed by atoms with Crippen LogP contribution in [0.4, 0.5) is 5.69 Å². The summed E-state index contributed by atoms with van der Waals surface area (Å²) in [7, 11) is 0. The van der Waals surface area contributed by atoms with Gasteiger partial charge in [-0.3, -0.25) is 4.99 Å². The molecule has 0 aliphatic heterocycles. The van der Waals surface area contributed by atoms with Gasteiger partial charge in [-0.25, -0.2) is 4.79 Å². The average Bonchev–Trinajstić information content (AvgIpc) is 2.90. The van der Waals surface area contributed by atoms with Crippen molar-refractivity contribution in [1.29, 1.82) is 0 Å². The molecule has 0 aliphatic rings. The summed E-state index contributed by atoms with van der Waals surface area (Å²) in [6, 6.07) is 13.5. The van der Waals surface area contributed by atoms with Crippen LogP contribution in [-0.4, -0.2) is 21.9 Å². The molecule has 3 aromatic rings. The SMILES string of the molecule is Cc1cc(N=Cc2cc(C)n(-c3ccc(C(=O)O)cc3C)c2C)ccc1I. The van der Waals surface area contributed by atoms with Gasteiger partial charge in [-0.1, -0.05) is 0 Å². The Morgan fingerprint density at radius 3 is 2.41 bits per heavy atom. The molecule has 138 valence electrons. The molecule has 0 bridgehead atoms. The molecule has 4 nitrogen and oxygen atoms in total. The summed E-state index contributed by atoms with van der Waals surface area (Å²) in [5, 5.41) is 9.17. The van der Waals surface area contributed by atoms with Crippen molar-refractivity contribution in [3.05, 3.63) is 79.7 Å². The van der Waals surface area contributed by atoms with Crippen molar-refractivity contribution in [2.24, 2.45) is 4.99 Å². The first-order valence-corrected chi connectivity index (χ1v) is 9.69. The molecule has 0 unspecified atom stereocenters. The normalized spacial score (nSPS) is 11.3. The third-order valence-corrected chi connectivity index (χ3v) is 5.86. The first-order valence-electron chi connectivity index (χ1n) is 8.61. The van der Waals surface area contributed by atoms with E-state index in [4.69, 9.17) is 0 Å². The molecule has 3 rings (SSSR count). The molecule has 0 saturated carbocycles. The smallest absolute Gasteiger partial charge is 0.335 e. The maximum Gasteiger partial charge on any atom is 0.335 e. The number of carbonyl (C=O) groups is 1. The number of aromatic carboxylic acids is 1. The highest BCUT2D eigenvalue weighted by Gasteiger charge is 2.13. The van der Waals surface area contributed by atoms with Gasteiger partial charge >= 0.3 is 5.97 Å². The second-order valence-corrected chi connectivity index (χ2v) is 7.82. The lowest BCUT2D eigenvalue weighted by molar-refractivity contribution is 0.0697. The Labute approximate surface area is 172 Å². The topological polar surface area (TPSA) is 54.6 Å². The number of carboxylic acids is 1. The molecular weight excluding hydrogens is 451 g/mol. The van der Waals surface area contributed by atoms with E-state index in [1.54, 1.807) is 12.1 Å². The molecule has 0 radical (unpaired) electrons. The minimum atomic E-state index is -0.911. The monoisotopic (exact) mass is 472 g/mol. The highest BCUT2D eigenvalue weighted by molar-refractivity contribution is 14.1. The van der Waals surface area contributed by atoms with Crippen LogP contribution in [0, 0.1) is 31.3 Å². The van der Waals surface area contributed by atoms with Gasteiger partial charge in [0.1, 0.15) is 0 Å². The molecule has 0 spiro atoms. The van der Waals surface area contributed by atoms with Crippen molar-refractivity contribution >= 4 is 40.5 Å². The maximum absolute atomic E-state index is 11.2. The minimum Gasteiger partial charge on any atom is -0.478 e. The van der Waals surface area contributed by atoms with E-state index in [1.807, 2.05) is 32.2 Å². The van der Waals surface area contributed by atoms with Crippen molar-refractivity contribution in [1.82, 2.24) is 4.57 Å². The molecule has 1 N–H and O–H groups in total.